The Morgan fingerprint density at radius 1 is 1.19 bits per heavy atom. The predicted molar refractivity (Wildman–Crippen MR) is 85.2 cm³/mol. The van der Waals surface area contributed by atoms with Gasteiger partial charge in [0.25, 0.3) is 0 Å². The summed E-state index contributed by atoms with van der Waals surface area (Å²) in [6.07, 6.45) is 2.31. The SMILES string of the molecule is CC1(C)CC(=O)C(C=NCc2ccc(Cl)c(Cl)c2)C(=O)C1. The van der Waals surface area contributed by atoms with Gasteiger partial charge in [0, 0.05) is 19.1 Å². The van der Waals surface area contributed by atoms with Crippen LogP contribution in [0.25, 0.3) is 0 Å². The van der Waals surface area contributed by atoms with Gasteiger partial charge in [-0.15, -0.1) is 0 Å². The van der Waals surface area contributed by atoms with Crippen LogP contribution in [0.1, 0.15) is 32.3 Å². The molecule has 112 valence electrons. The molecule has 1 fully saturated rings. The van der Waals surface area contributed by atoms with Crippen molar-refractivity contribution in [1.82, 2.24) is 0 Å². The summed E-state index contributed by atoms with van der Waals surface area (Å²) in [5.41, 5.74) is 0.652. The molecule has 3 nitrogen and oxygen atoms in total. The van der Waals surface area contributed by atoms with Crippen molar-refractivity contribution in [3.63, 3.8) is 0 Å². The van der Waals surface area contributed by atoms with Gasteiger partial charge < -0.3 is 0 Å². The van der Waals surface area contributed by atoms with Gasteiger partial charge in [-0.3, -0.25) is 14.6 Å². The van der Waals surface area contributed by atoms with E-state index in [-0.39, 0.29) is 17.0 Å². The lowest BCUT2D eigenvalue weighted by molar-refractivity contribution is -0.136. The summed E-state index contributed by atoms with van der Waals surface area (Å²) in [5, 5.41) is 0.959. The number of carbonyl (C=O) groups is 2. The molecule has 1 aliphatic rings. The Hall–Kier alpha value is -1.19. The van der Waals surface area contributed by atoms with E-state index in [2.05, 4.69) is 4.99 Å². The molecular formula is C16H17Cl2NO2. The van der Waals surface area contributed by atoms with Crippen molar-refractivity contribution in [2.75, 3.05) is 0 Å². The summed E-state index contributed by atoms with van der Waals surface area (Å²) in [6, 6.07) is 5.25. The Kier molecular flexibility index (Phi) is 4.84. The number of carbonyl (C=O) groups excluding carboxylic acids is 2. The van der Waals surface area contributed by atoms with Gasteiger partial charge in [0.2, 0.25) is 0 Å². The molecule has 0 radical (unpaired) electrons. The Balaban J connectivity index is 2.02. The summed E-state index contributed by atoms with van der Waals surface area (Å²) in [6.45, 7) is 4.25. The molecule has 21 heavy (non-hydrogen) atoms. The smallest absolute Gasteiger partial charge is 0.149 e. The highest BCUT2D eigenvalue weighted by atomic mass is 35.5. The van der Waals surface area contributed by atoms with Gasteiger partial charge in [-0.2, -0.15) is 0 Å². The van der Waals surface area contributed by atoms with Crippen molar-refractivity contribution in [2.45, 2.75) is 33.2 Å². The normalized spacial score (nSPS) is 19.4. The minimum Gasteiger partial charge on any atom is -0.298 e. The molecule has 0 bridgehead atoms. The van der Waals surface area contributed by atoms with E-state index in [1.807, 2.05) is 19.9 Å². The van der Waals surface area contributed by atoms with E-state index in [9.17, 15) is 9.59 Å². The molecule has 0 N–H and O–H groups in total. The zero-order valence-electron chi connectivity index (χ0n) is 12.0. The molecule has 1 aromatic rings. The fraction of sp³-hybridized carbons (Fsp3) is 0.438. The van der Waals surface area contributed by atoms with Crippen LogP contribution >= 0.6 is 23.2 Å². The highest BCUT2D eigenvalue weighted by Crippen LogP contribution is 2.33. The Bertz CT molecular complexity index is 588. The molecule has 0 amide bonds. The number of nitrogens with zero attached hydrogens (tertiary/aromatic N) is 1. The van der Waals surface area contributed by atoms with E-state index < -0.39 is 5.92 Å². The number of hydrogen-bond acceptors (Lipinski definition) is 3. The van der Waals surface area contributed by atoms with Crippen molar-refractivity contribution < 1.29 is 9.59 Å². The number of rotatable bonds is 3. The third-order valence-corrected chi connectivity index (χ3v) is 4.25. The summed E-state index contributed by atoms with van der Waals surface area (Å²) < 4.78 is 0. The molecule has 0 spiro atoms. The van der Waals surface area contributed by atoms with E-state index in [1.165, 1.54) is 6.21 Å². The van der Waals surface area contributed by atoms with Crippen LogP contribution < -0.4 is 0 Å². The average Bonchev–Trinajstić information content (AvgIpc) is 2.35. The lowest BCUT2D eigenvalue weighted by Gasteiger charge is -2.30. The van der Waals surface area contributed by atoms with Gasteiger partial charge in [0.1, 0.15) is 17.5 Å². The van der Waals surface area contributed by atoms with Crippen LogP contribution in [0, 0.1) is 11.3 Å². The van der Waals surface area contributed by atoms with Crippen LogP contribution in [-0.4, -0.2) is 17.8 Å². The van der Waals surface area contributed by atoms with Crippen LogP contribution in [0.2, 0.25) is 10.0 Å². The molecule has 1 aromatic carbocycles. The van der Waals surface area contributed by atoms with Crippen LogP contribution in [0.15, 0.2) is 23.2 Å². The molecule has 1 aliphatic carbocycles. The van der Waals surface area contributed by atoms with Gasteiger partial charge in [0.15, 0.2) is 0 Å². The molecule has 0 saturated heterocycles. The third-order valence-electron chi connectivity index (χ3n) is 3.51. The van der Waals surface area contributed by atoms with Gasteiger partial charge in [0.05, 0.1) is 16.6 Å². The van der Waals surface area contributed by atoms with Gasteiger partial charge >= 0.3 is 0 Å². The minimum absolute atomic E-state index is 0.0471. The molecule has 5 heteroatoms. The summed E-state index contributed by atoms with van der Waals surface area (Å²) in [5.74, 6) is -0.788. The second-order valence-electron chi connectivity index (χ2n) is 6.17. The van der Waals surface area contributed by atoms with Crippen molar-refractivity contribution in [2.24, 2.45) is 16.3 Å². The van der Waals surface area contributed by atoms with Crippen LogP contribution in [-0.2, 0) is 16.1 Å². The molecule has 0 atom stereocenters. The van der Waals surface area contributed by atoms with Crippen LogP contribution in [0.5, 0.6) is 0 Å². The maximum atomic E-state index is 12.0. The zero-order valence-corrected chi connectivity index (χ0v) is 13.5. The number of Topliss-reactive ketones (excluding diaryl/α,β-unsaturated/α-hetero) is 2. The van der Waals surface area contributed by atoms with E-state index in [0.29, 0.717) is 29.4 Å². The second-order valence-corrected chi connectivity index (χ2v) is 6.98. The summed E-state index contributed by atoms with van der Waals surface area (Å²) in [7, 11) is 0. The first-order valence-electron chi connectivity index (χ1n) is 6.78. The monoisotopic (exact) mass is 325 g/mol. The number of aliphatic imine (C=N–C) groups is 1. The summed E-state index contributed by atoms with van der Waals surface area (Å²) >= 11 is 11.8. The lowest BCUT2D eigenvalue weighted by atomic mass is 9.72. The van der Waals surface area contributed by atoms with Crippen molar-refractivity contribution in [3.8, 4) is 0 Å². The standard InChI is InChI=1S/C16H17Cl2NO2/c1-16(2)6-14(20)11(15(21)7-16)9-19-8-10-3-4-12(17)13(18)5-10/h3-5,9,11H,6-8H2,1-2H3. The first-order valence-corrected chi connectivity index (χ1v) is 7.53. The molecule has 1 saturated carbocycles. The molecule has 0 heterocycles. The second kappa shape index (κ2) is 6.29. The first kappa shape index (κ1) is 16.2. The molecular weight excluding hydrogens is 309 g/mol. The minimum atomic E-state index is -0.694. The maximum absolute atomic E-state index is 12.0. The fourth-order valence-corrected chi connectivity index (χ4v) is 2.79. The molecule has 0 aromatic heterocycles. The number of halogens is 2. The maximum Gasteiger partial charge on any atom is 0.149 e. The zero-order chi connectivity index (χ0) is 15.6. The van der Waals surface area contributed by atoms with E-state index in [0.717, 1.165) is 5.56 Å². The number of ketones is 2. The lowest BCUT2D eigenvalue weighted by Crippen LogP contribution is -2.38. The third kappa shape index (κ3) is 4.14. The Morgan fingerprint density at radius 2 is 1.81 bits per heavy atom. The number of hydrogen-bond donors (Lipinski definition) is 0. The number of benzene rings is 1. The van der Waals surface area contributed by atoms with Gasteiger partial charge in [-0.25, -0.2) is 0 Å². The molecule has 0 aliphatic heterocycles. The largest absolute Gasteiger partial charge is 0.298 e. The van der Waals surface area contributed by atoms with E-state index in [1.54, 1.807) is 12.1 Å². The Morgan fingerprint density at radius 3 is 2.38 bits per heavy atom. The van der Waals surface area contributed by atoms with Crippen LogP contribution in [0.3, 0.4) is 0 Å². The van der Waals surface area contributed by atoms with Crippen molar-refractivity contribution in [3.05, 3.63) is 33.8 Å². The van der Waals surface area contributed by atoms with Crippen LogP contribution in [0.4, 0.5) is 0 Å². The van der Waals surface area contributed by atoms with E-state index in [4.69, 9.17) is 23.2 Å². The molecule has 0 unspecified atom stereocenters. The summed E-state index contributed by atoms with van der Waals surface area (Å²) in [4.78, 5) is 28.2. The highest BCUT2D eigenvalue weighted by molar-refractivity contribution is 6.42. The fourth-order valence-electron chi connectivity index (χ4n) is 2.47. The first-order chi connectivity index (χ1) is 9.78. The highest BCUT2D eigenvalue weighted by Gasteiger charge is 2.38. The van der Waals surface area contributed by atoms with Crippen molar-refractivity contribution in [1.29, 1.82) is 0 Å². The van der Waals surface area contributed by atoms with Gasteiger partial charge in [-0.1, -0.05) is 43.1 Å². The quantitative estimate of drug-likeness (QED) is 0.619. The van der Waals surface area contributed by atoms with Gasteiger partial charge in [-0.05, 0) is 23.1 Å². The van der Waals surface area contributed by atoms with E-state index >= 15 is 0 Å². The predicted octanol–water partition coefficient (Wildman–Crippen LogP) is 4.14. The average molecular weight is 326 g/mol. The Labute approximate surface area is 134 Å². The topological polar surface area (TPSA) is 46.5 Å². The molecule has 2 rings (SSSR count). The van der Waals surface area contributed by atoms with Crippen molar-refractivity contribution >= 4 is 41.0 Å².